The Kier molecular flexibility index (Phi) is 4.32. The molecule has 2 aromatic carbocycles. The molecule has 0 bridgehead atoms. The van der Waals surface area contributed by atoms with Crippen LogP contribution >= 0.6 is 0 Å². The number of fused-ring (bicyclic) bond motifs is 3. The van der Waals surface area contributed by atoms with Crippen molar-refractivity contribution in [1.82, 2.24) is 0 Å². The van der Waals surface area contributed by atoms with Gasteiger partial charge >= 0.3 is 0 Å². The summed E-state index contributed by atoms with van der Waals surface area (Å²) in [6, 6.07) is 24.6. The lowest BCUT2D eigenvalue weighted by atomic mass is 9.97. The van der Waals surface area contributed by atoms with Gasteiger partial charge in [0.25, 0.3) is 11.4 Å². The second-order valence-corrected chi connectivity index (χ2v) is 8.60. The fourth-order valence-electron chi connectivity index (χ4n) is 4.99. The SMILES string of the molecule is Cc1cc(C)c(C)c(-c2cccc(-c3ccc4c([n+]3C)-c3ccccc3C4)[n+]2C)c1. The fraction of sp³-hybridized carbons (Fsp3) is 0.214. The van der Waals surface area contributed by atoms with E-state index < -0.39 is 0 Å². The zero-order valence-corrected chi connectivity index (χ0v) is 18.5. The largest absolute Gasteiger partial charge is 0.277 e. The van der Waals surface area contributed by atoms with Gasteiger partial charge in [-0.2, -0.15) is 9.13 Å². The van der Waals surface area contributed by atoms with E-state index in [0.29, 0.717) is 0 Å². The standard InChI is InChI=1S/C28H28N2/c1-18-15-19(2)20(3)24(16-18)25-11-8-12-26(29(25)4)27-14-13-22-17-21-9-6-7-10-23(21)28(22)30(27)5/h6-16H,17H2,1-5H3/q+2. The average Bonchev–Trinajstić information content (AvgIpc) is 3.11. The maximum Gasteiger partial charge on any atom is 0.277 e. The van der Waals surface area contributed by atoms with Crippen LogP contribution in [-0.4, -0.2) is 0 Å². The lowest BCUT2D eigenvalue weighted by molar-refractivity contribution is -0.679. The van der Waals surface area contributed by atoms with Crippen molar-refractivity contribution in [3.05, 3.63) is 94.5 Å². The topological polar surface area (TPSA) is 7.76 Å². The second-order valence-electron chi connectivity index (χ2n) is 8.60. The van der Waals surface area contributed by atoms with Crippen LogP contribution in [0.15, 0.2) is 66.7 Å². The molecule has 0 saturated carbocycles. The summed E-state index contributed by atoms with van der Waals surface area (Å²) < 4.78 is 4.71. The van der Waals surface area contributed by atoms with E-state index in [0.717, 1.165) is 6.42 Å². The van der Waals surface area contributed by atoms with E-state index in [-0.39, 0.29) is 0 Å². The van der Waals surface area contributed by atoms with E-state index >= 15 is 0 Å². The van der Waals surface area contributed by atoms with Crippen molar-refractivity contribution in [3.8, 4) is 33.9 Å². The number of aromatic nitrogens is 2. The Bertz CT molecular complexity index is 1310. The van der Waals surface area contributed by atoms with Crippen molar-refractivity contribution in [2.24, 2.45) is 14.1 Å². The summed E-state index contributed by atoms with van der Waals surface area (Å²) in [6.45, 7) is 6.61. The number of hydrogen-bond acceptors (Lipinski definition) is 0. The molecule has 4 aromatic rings. The first-order chi connectivity index (χ1) is 14.5. The van der Waals surface area contributed by atoms with Crippen LogP contribution in [0.5, 0.6) is 0 Å². The molecule has 0 atom stereocenters. The molecule has 5 rings (SSSR count). The third kappa shape index (κ3) is 2.79. The van der Waals surface area contributed by atoms with Gasteiger partial charge in [-0.3, -0.25) is 0 Å². The summed E-state index contributed by atoms with van der Waals surface area (Å²) in [5.41, 5.74) is 14.5. The molecule has 1 aliphatic rings. The summed E-state index contributed by atoms with van der Waals surface area (Å²) in [4.78, 5) is 0. The molecule has 0 N–H and O–H groups in total. The Morgan fingerprint density at radius 3 is 2.20 bits per heavy atom. The number of benzene rings is 2. The molecule has 2 aromatic heterocycles. The maximum absolute atomic E-state index is 2.37. The third-order valence-corrected chi connectivity index (χ3v) is 6.68. The van der Waals surface area contributed by atoms with Gasteiger partial charge in [-0.1, -0.05) is 29.8 Å². The van der Waals surface area contributed by atoms with Crippen LogP contribution in [-0.2, 0) is 20.5 Å². The zero-order chi connectivity index (χ0) is 21.0. The van der Waals surface area contributed by atoms with E-state index in [1.54, 1.807) is 0 Å². The highest BCUT2D eigenvalue weighted by Crippen LogP contribution is 2.35. The van der Waals surface area contributed by atoms with Gasteiger partial charge < -0.3 is 0 Å². The minimum atomic E-state index is 1.02. The zero-order valence-electron chi connectivity index (χ0n) is 18.5. The minimum absolute atomic E-state index is 1.02. The Hall–Kier alpha value is -3.26. The Balaban J connectivity index is 1.71. The molecule has 2 heterocycles. The third-order valence-electron chi connectivity index (χ3n) is 6.68. The predicted molar refractivity (Wildman–Crippen MR) is 122 cm³/mol. The van der Waals surface area contributed by atoms with Crippen LogP contribution < -0.4 is 9.13 Å². The summed E-state index contributed by atoms with van der Waals surface area (Å²) in [7, 11) is 4.38. The Labute approximate surface area is 179 Å². The number of aryl methyl sites for hydroxylation is 2. The molecular formula is C28H28N2+2. The van der Waals surface area contributed by atoms with E-state index in [4.69, 9.17) is 0 Å². The predicted octanol–water partition coefficient (Wildman–Crippen LogP) is 5.17. The molecule has 0 aliphatic heterocycles. The van der Waals surface area contributed by atoms with Gasteiger partial charge in [-0.25, -0.2) is 0 Å². The highest BCUT2D eigenvalue weighted by molar-refractivity contribution is 5.72. The fourth-order valence-corrected chi connectivity index (χ4v) is 4.99. The highest BCUT2D eigenvalue weighted by Gasteiger charge is 2.31. The van der Waals surface area contributed by atoms with Crippen LogP contribution in [0.25, 0.3) is 33.9 Å². The van der Waals surface area contributed by atoms with Gasteiger partial charge in [0.15, 0.2) is 0 Å². The molecule has 148 valence electrons. The van der Waals surface area contributed by atoms with Crippen molar-refractivity contribution >= 4 is 0 Å². The molecule has 2 heteroatoms. The number of rotatable bonds is 2. The van der Waals surface area contributed by atoms with Crippen LogP contribution in [0.2, 0.25) is 0 Å². The molecule has 0 amide bonds. The van der Waals surface area contributed by atoms with Gasteiger partial charge in [0.2, 0.25) is 11.4 Å². The maximum atomic E-state index is 2.37. The monoisotopic (exact) mass is 392 g/mol. The van der Waals surface area contributed by atoms with Crippen molar-refractivity contribution in [2.45, 2.75) is 27.2 Å². The molecule has 2 nitrogen and oxygen atoms in total. The molecule has 0 spiro atoms. The first kappa shape index (κ1) is 18.7. The van der Waals surface area contributed by atoms with E-state index in [1.807, 2.05) is 0 Å². The van der Waals surface area contributed by atoms with Gasteiger partial charge in [0, 0.05) is 41.3 Å². The smallest absolute Gasteiger partial charge is 0.189 e. The van der Waals surface area contributed by atoms with Crippen LogP contribution in [0.3, 0.4) is 0 Å². The van der Waals surface area contributed by atoms with Crippen molar-refractivity contribution < 1.29 is 9.13 Å². The molecule has 30 heavy (non-hydrogen) atoms. The number of nitrogens with zero attached hydrogens (tertiary/aromatic N) is 2. The van der Waals surface area contributed by atoms with E-state index in [9.17, 15) is 0 Å². The van der Waals surface area contributed by atoms with Crippen molar-refractivity contribution in [3.63, 3.8) is 0 Å². The van der Waals surface area contributed by atoms with Crippen LogP contribution in [0.4, 0.5) is 0 Å². The van der Waals surface area contributed by atoms with Crippen LogP contribution in [0, 0.1) is 20.8 Å². The normalized spacial score (nSPS) is 12.0. The van der Waals surface area contributed by atoms with E-state index in [2.05, 4.69) is 111 Å². The minimum Gasteiger partial charge on any atom is -0.189 e. The van der Waals surface area contributed by atoms with Crippen molar-refractivity contribution in [1.29, 1.82) is 0 Å². The summed E-state index contributed by atoms with van der Waals surface area (Å²) in [5, 5.41) is 0. The molecule has 0 saturated heterocycles. The Morgan fingerprint density at radius 1 is 0.633 bits per heavy atom. The first-order valence-electron chi connectivity index (χ1n) is 10.6. The van der Waals surface area contributed by atoms with Gasteiger partial charge in [-0.05, 0) is 61.7 Å². The van der Waals surface area contributed by atoms with E-state index in [1.165, 1.54) is 61.7 Å². The lowest BCUT2D eigenvalue weighted by Crippen LogP contribution is -2.41. The van der Waals surface area contributed by atoms with Gasteiger partial charge in [-0.15, -0.1) is 0 Å². The molecular weight excluding hydrogens is 364 g/mol. The average molecular weight is 393 g/mol. The molecule has 1 aliphatic carbocycles. The quantitative estimate of drug-likeness (QED) is 0.366. The second kappa shape index (κ2) is 6.91. The highest BCUT2D eigenvalue weighted by atomic mass is 15.0. The lowest BCUT2D eigenvalue weighted by Gasteiger charge is -2.11. The molecule has 0 unspecified atom stereocenters. The summed E-state index contributed by atoms with van der Waals surface area (Å²) in [6.07, 6.45) is 1.02. The summed E-state index contributed by atoms with van der Waals surface area (Å²) in [5.74, 6) is 0. The van der Waals surface area contributed by atoms with Crippen LogP contribution in [0.1, 0.15) is 27.8 Å². The summed E-state index contributed by atoms with van der Waals surface area (Å²) >= 11 is 0. The van der Waals surface area contributed by atoms with Gasteiger partial charge in [0.05, 0.1) is 0 Å². The van der Waals surface area contributed by atoms with Crippen molar-refractivity contribution in [2.75, 3.05) is 0 Å². The van der Waals surface area contributed by atoms with Gasteiger partial charge in [0.1, 0.15) is 14.1 Å². The number of pyridine rings is 2. The first-order valence-corrected chi connectivity index (χ1v) is 10.6. The molecule has 0 fully saturated rings. The Morgan fingerprint density at radius 2 is 1.37 bits per heavy atom. The molecule has 0 radical (unpaired) electrons. The number of hydrogen-bond donors (Lipinski definition) is 0.